The predicted octanol–water partition coefficient (Wildman–Crippen LogP) is 5.05. The quantitative estimate of drug-likeness (QED) is 0.628. The Morgan fingerprint density at radius 1 is 1.15 bits per heavy atom. The number of para-hydroxylation sites is 1. The first-order chi connectivity index (χ1) is 12.9. The van der Waals surface area contributed by atoms with Gasteiger partial charge < -0.3 is 10.1 Å². The van der Waals surface area contributed by atoms with Crippen LogP contribution in [0, 0.1) is 0 Å². The maximum Gasteiger partial charge on any atom is 0.409 e. The molecule has 1 aromatic carbocycles. The van der Waals surface area contributed by atoms with Crippen LogP contribution in [0.15, 0.2) is 24.3 Å². The minimum atomic E-state index is -4.32. The van der Waals surface area contributed by atoms with Crippen LogP contribution < -0.4 is 0 Å². The fraction of sp³-hybridized carbons (Fsp3) is 0.550. The second-order valence-corrected chi connectivity index (χ2v) is 7.20. The highest BCUT2D eigenvalue weighted by atomic mass is 19.4. The number of H-pyrrole nitrogens is 1. The molecule has 1 aliphatic rings. The van der Waals surface area contributed by atoms with E-state index < -0.39 is 18.2 Å². The molecule has 1 unspecified atom stereocenters. The number of fused-ring (bicyclic) bond motifs is 3. The first-order valence-electron chi connectivity index (χ1n) is 9.50. The van der Waals surface area contributed by atoms with Crippen molar-refractivity contribution >= 4 is 16.9 Å². The first kappa shape index (κ1) is 19.7. The molecule has 148 valence electrons. The number of carboxylic acids is 1. The number of hydrogen-bond acceptors (Lipinski definition) is 2. The summed E-state index contributed by atoms with van der Waals surface area (Å²) in [7, 11) is 0. The van der Waals surface area contributed by atoms with E-state index in [2.05, 4.69) is 4.98 Å². The Hall–Kier alpha value is -2.02. The molecule has 0 fully saturated rings. The van der Waals surface area contributed by atoms with Crippen LogP contribution >= 0.6 is 0 Å². The number of unbranched alkanes of at least 4 members (excludes halogenated alkanes) is 4. The van der Waals surface area contributed by atoms with Crippen LogP contribution in [0.25, 0.3) is 10.9 Å². The molecule has 4 nitrogen and oxygen atoms in total. The Morgan fingerprint density at radius 2 is 1.85 bits per heavy atom. The number of benzene rings is 1. The summed E-state index contributed by atoms with van der Waals surface area (Å²) in [6.07, 6.45) is 0.252. The van der Waals surface area contributed by atoms with Gasteiger partial charge in [-0.15, -0.1) is 0 Å². The van der Waals surface area contributed by atoms with Gasteiger partial charge in [-0.3, -0.25) is 9.69 Å². The summed E-state index contributed by atoms with van der Waals surface area (Å²) in [5, 5.41) is 9.50. The second-order valence-electron chi connectivity index (χ2n) is 7.20. The number of aromatic nitrogens is 1. The Balaban J connectivity index is 1.63. The first-order valence-corrected chi connectivity index (χ1v) is 9.50. The maximum atomic E-state index is 13.8. The zero-order chi connectivity index (χ0) is 19.4. The van der Waals surface area contributed by atoms with E-state index in [1.807, 2.05) is 24.3 Å². The van der Waals surface area contributed by atoms with Gasteiger partial charge in [0.2, 0.25) is 0 Å². The van der Waals surface area contributed by atoms with Crippen LogP contribution in [0.2, 0.25) is 0 Å². The Morgan fingerprint density at radius 3 is 2.59 bits per heavy atom. The number of carbonyl (C=O) groups is 1. The lowest BCUT2D eigenvalue weighted by atomic mass is 9.96. The van der Waals surface area contributed by atoms with E-state index in [0.717, 1.165) is 35.7 Å². The maximum absolute atomic E-state index is 13.8. The zero-order valence-corrected chi connectivity index (χ0v) is 15.2. The number of halogens is 3. The van der Waals surface area contributed by atoms with Gasteiger partial charge in [0.1, 0.15) is 6.04 Å². The predicted molar refractivity (Wildman–Crippen MR) is 97.7 cm³/mol. The molecule has 2 aromatic rings. The minimum Gasteiger partial charge on any atom is -0.481 e. The Labute approximate surface area is 156 Å². The number of nitrogens with zero attached hydrogens (tertiary/aromatic N) is 1. The standard InChI is InChI=1S/C20H25F3N2O2/c21-20(22,23)19-18-15(14-8-5-6-9-16(14)24-18)11-13-25(19)12-7-3-1-2-4-10-17(26)27/h5-6,8-9,19,24H,1-4,7,10-13H2,(H,26,27). The molecular formula is C20H25F3N2O2. The van der Waals surface area contributed by atoms with E-state index in [9.17, 15) is 18.0 Å². The van der Waals surface area contributed by atoms with Crippen LogP contribution in [-0.2, 0) is 11.2 Å². The SMILES string of the molecule is O=C(O)CCCCCCCN1CCc2c([nH]c3ccccc23)C1C(F)(F)F. The second kappa shape index (κ2) is 8.33. The van der Waals surface area contributed by atoms with Crippen molar-refractivity contribution < 1.29 is 23.1 Å². The van der Waals surface area contributed by atoms with Gasteiger partial charge in [-0.1, -0.05) is 37.5 Å². The zero-order valence-electron chi connectivity index (χ0n) is 15.2. The van der Waals surface area contributed by atoms with Gasteiger partial charge in [0.05, 0.1) is 0 Å². The fourth-order valence-electron chi connectivity index (χ4n) is 4.02. The fourth-order valence-corrected chi connectivity index (χ4v) is 4.02. The van der Waals surface area contributed by atoms with Gasteiger partial charge in [-0.25, -0.2) is 0 Å². The van der Waals surface area contributed by atoms with Crippen molar-refractivity contribution in [2.75, 3.05) is 13.1 Å². The lowest BCUT2D eigenvalue weighted by Gasteiger charge is -2.36. The van der Waals surface area contributed by atoms with E-state index in [0.29, 0.717) is 32.4 Å². The summed E-state index contributed by atoms with van der Waals surface area (Å²) in [6.45, 7) is 0.802. The Kier molecular flexibility index (Phi) is 6.09. The molecule has 3 rings (SSSR count). The van der Waals surface area contributed by atoms with Gasteiger partial charge in [-0.05, 0) is 37.4 Å². The smallest absolute Gasteiger partial charge is 0.409 e. The molecule has 0 radical (unpaired) electrons. The summed E-state index contributed by atoms with van der Waals surface area (Å²) < 4.78 is 41.5. The molecule has 1 aromatic heterocycles. The lowest BCUT2D eigenvalue weighted by molar-refractivity contribution is -0.190. The molecule has 0 spiro atoms. The number of carboxylic acid groups (broad SMARTS) is 1. The van der Waals surface area contributed by atoms with Gasteiger partial charge in [0.15, 0.2) is 0 Å². The molecule has 0 amide bonds. The van der Waals surface area contributed by atoms with Crippen molar-refractivity contribution in [3.8, 4) is 0 Å². The minimum absolute atomic E-state index is 0.158. The highest BCUT2D eigenvalue weighted by Gasteiger charge is 2.48. The van der Waals surface area contributed by atoms with Gasteiger partial charge >= 0.3 is 12.1 Å². The van der Waals surface area contributed by atoms with Crippen molar-refractivity contribution in [1.29, 1.82) is 0 Å². The Bertz CT molecular complexity index is 785. The van der Waals surface area contributed by atoms with Crippen molar-refractivity contribution in [3.63, 3.8) is 0 Å². The van der Waals surface area contributed by atoms with Crippen molar-refractivity contribution in [3.05, 3.63) is 35.5 Å². The number of aromatic amines is 1. The number of hydrogen-bond donors (Lipinski definition) is 2. The molecule has 0 aliphatic carbocycles. The third-order valence-electron chi connectivity index (χ3n) is 5.28. The van der Waals surface area contributed by atoms with E-state index in [4.69, 9.17) is 5.11 Å². The summed E-state index contributed by atoms with van der Waals surface area (Å²) in [5.74, 6) is -0.800. The average Bonchev–Trinajstić information content (AvgIpc) is 2.97. The lowest BCUT2D eigenvalue weighted by Crippen LogP contribution is -2.43. The third kappa shape index (κ3) is 4.64. The number of alkyl halides is 3. The molecule has 7 heteroatoms. The third-order valence-corrected chi connectivity index (χ3v) is 5.28. The van der Waals surface area contributed by atoms with Crippen LogP contribution in [0.3, 0.4) is 0 Å². The molecule has 27 heavy (non-hydrogen) atoms. The van der Waals surface area contributed by atoms with Gasteiger partial charge in [0, 0.05) is 29.6 Å². The highest BCUT2D eigenvalue weighted by molar-refractivity contribution is 5.85. The topological polar surface area (TPSA) is 56.3 Å². The number of aliphatic carboxylic acids is 1. The van der Waals surface area contributed by atoms with E-state index >= 15 is 0 Å². The average molecular weight is 382 g/mol. The summed E-state index contributed by atoms with van der Waals surface area (Å²) in [4.78, 5) is 15.0. The summed E-state index contributed by atoms with van der Waals surface area (Å²) in [6, 6.07) is 5.80. The molecular weight excluding hydrogens is 357 g/mol. The summed E-state index contributed by atoms with van der Waals surface area (Å²) >= 11 is 0. The molecule has 0 saturated carbocycles. The van der Waals surface area contributed by atoms with E-state index in [1.165, 1.54) is 4.90 Å². The van der Waals surface area contributed by atoms with Crippen LogP contribution in [0.5, 0.6) is 0 Å². The number of nitrogens with one attached hydrogen (secondary N) is 1. The van der Waals surface area contributed by atoms with E-state index in [1.54, 1.807) is 0 Å². The van der Waals surface area contributed by atoms with Crippen LogP contribution in [0.4, 0.5) is 13.2 Å². The molecule has 2 N–H and O–H groups in total. The number of rotatable bonds is 8. The van der Waals surface area contributed by atoms with Crippen molar-refractivity contribution in [2.45, 2.75) is 57.2 Å². The normalized spacial score (nSPS) is 18.0. The van der Waals surface area contributed by atoms with Gasteiger partial charge in [-0.2, -0.15) is 13.2 Å². The molecule has 2 heterocycles. The summed E-state index contributed by atoms with van der Waals surface area (Å²) in [5.41, 5.74) is 1.84. The molecule has 1 atom stereocenters. The van der Waals surface area contributed by atoms with Gasteiger partial charge in [0.25, 0.3) is 0 Å². The van der Waals surface area contributed by atoms with Crippen LogP contribution in [-0.4, -0.2) is 40.2 Å². The van der Waals surface area contributed by atoms with Crippen LogP contribution in [0.1, 0.15) is 55.8 Å². The van der Waals surface area contributed by atoms with Crippen molar-refractivity contribution in [1.82, 2.24) is 9.88 Å². The molecule has 0 saturated heterocycles. The monoisotopic (exact) mass is 382 g/mol. The van der Waals surface area contributed by atoms with E-state index in [-0.39, 0.29) is 12.1 Å². The molecule has 0 bridgehead atoms. The molecule has 1 aliphatic heterocycles. The highest BCUT2D eigenvalue weighted by Crippen LogP contribution is 2.43. The van der Waals surface area contributed by atoms with Crippen molar-refractivity contribution in [2.24, 2.45) is 0 Å². The largest absolute Gasteiger partial charge is 0.481 e.